The first kappa shape index (κ1) is 15.0. The van der Waals surface area contributed by atoms with Gasteiger partial charge in [0.2, 0.25) is 5.91 Å². The van der Waals surface area contributed by atoms with Crippen LogP contribution in [-0.4, -0.2) is 42.0 Å². The maximum atomic E-state index is 13.4. The number of hydrogen-bond donors (Lipinski definition) is 2. The highest BCUT2D eigenvalue weighted by Crippen LogP contribution is 2.11. The Hall–Kier alpha value is -2.02. The average Bonchev–Trinajstić information content (AvgIpc) is 2.30. The van der Waals surface area contributed by atoms with Crippen LogP contribution >= 0.6 is 0 Å². The van der Waals surface area contributed by atoms with Gasteiger partial charge in [0.1, 0.15) is 18.2 Å². The summed E-state index contributed by atoms with van der Waals surface area (Å²) in [6.45, 7) is -0.422. The van der Waals surface area contributed by atoms with Gasteiger partial charge in [0.15, 0.2) is 0 Å². The molecule has 5 nitrogen and oxygen atoms in total. The first-order valence-electron chi connectivity index (χ1n) is 5.49. The Balaban J connectivity index is 2.48. The summed E-state index contributed by atoms with van der Waals surface area (Å²) >= 11 is 0. The Bertz CT molecular complexity index is 480. The van der Waals surface area contributed by atoms with Crippen LogP contribution in [0.5, 0.6) is 0 Å². The van der Waals surface area contributed by atoms with Crippen LogP contribution in [0.3, 0.4) is 0 Å². The molecule has 0 fully saturated rings. The summed E-state index contributed by atoms with van der Waals surface area (Å²) in [5, 5.41) is 10.6. The number of amides is 1. The first-order valence-corrected chi connectivity index (χ1v) is 5.49. The third-order valence-electron chi connectivity index (χ3n) is 2.31. The van der Waals surface area contributed by atoms with Crippen LogP contribution in [0.25, 0.3) is 0 Å². The Kier molecular flexibility index (Phi) is 5.37. The minimum atomic E-state index is -1.14. The molecule has 0 aromatic heterocycles. The van der Waals surface area contributed by atoms with Gasteiger partial charge in [0.25, 0.3) is 0 Å². The molecule has 0 unspecified atom stereocenters. The topological polar surface area (TPSA) is 69.6 Å². The lowest BCUT2D eigenvalue weighted by molar-refractivity contribution is -0.138. The molecule has 2 N–H and O–H groups in total. The lowest BCUT2D eigenvalue weighted by Crippen LogP contribution is -2.37. The van der Waals surface area contributed by atoms with Gasteiger partial charge in [-0.15, -0.1) is 0 Å². The summed E-state index contributed by atoms with van der Waals surface area (Å²) in [5.74, 6) is -2.96. The molecule has 0 spiro atoms. The van der Waals surface area contributed by atoms with Crippen molar-refractivity contribution in [2.75, 3.05) is 20.1 Å². The van der Waals surface area contributed by atoms with Crippen molar-refractivity contribution in [3.05, 3.63) is 35.4 Å². The highest BCUT2D eigenvalue weighted by Gasteiger charge is 2.11. The van der Waals surface area contributed by atoms with Gasteiger partial charge in [-0.2, -0.15) is 0 Å². The summed E-state index contributed by atoms with van der Waals surface area (Å²) in [4.78, 5) is 23.1. The molecular weight excluding hydrogens is 258 g/mol. The zero-order valence-corrected chi connectivity index (χ0v) is 10.3. The molecule has 0 aliphatic rings. The van der Waals surface area contributed by atoms with E-state index in [4.69, 9.17) is 5.11 Å². The predicted octanol–water partition coefficient (Wildman–Crippen LogP) is 0.597. The molecule has 0 aliphatic heterocycles. The van der Waals surface area contributed by atoms with Crippen molar-refractivity contribution in [3.8, 4) is 0 Å². The van der Waals surface area contributed by atoms with Gasteiger partial charge >= 0.3 is 5.97 Å². The minimum absolute atomic E-state index is 0.0793. The van der Waals surface area contributed by atoms with E-state index in [0.29, 0.717) is 0 Å². The van der Waals surface area contributed by atoms with Crippen LogP contribution in [0.4, 0.5) is 8.78 Å². The van der Waals surface area contributed by atoms with Gasteiger partial charge in [0.05, 0.1) is 6.54 Å². The number of hydrogen-bond acceptors (Lipinski definition) is 3. The zero-order valence-electron chi connectivity index (χ0n) is 10.3. The Labute approximate surface area is 108 Å². The van der Waals surface area contributed by atoms with Crippen LogP contribution in [0.2, 0.25) is 0 Å². The number of carbonyl (C=O) groups is 2. The number of nitrogens with one attached hydrogen (secondary N) is 1. The number of nitrogens with zero attached hydrogens (tertiary/aromatic N) is 1. The number of halogens is 2. The van der Waals surface area contributed by atoms with Crippen LogP contribution < -0.4 is 5.32 Å². The van der Waals surface area contributed by atoms with Gasteiger partial charge in [-0.3, -0.25) is 14.5 Å². The molecule has 1 rings (SSSR count). The standard InChI is InChI=1S/C12H14F2N2O3/c1-16(7-11(17)15-5-12(18)19)6-8-2-3-9(13)4-10(8)14/h2-4H,5-7H2,1H3,(H,15,17)(H,18,19). The Morgan fingerprint density at radius 3 is 2.63 bits per heavy atom. The first-order chi connectivity index (χ1) is 8.88. The lowest BCUT2D eigenvalue weighted by Gasteiger charge is -2.16. The van der Waals surface area contributed by atoms with Crippen molar-refractivity contribution in [2.45, 2.75) is 6.54 Å². The van der Waals surface area contributed by atoms with E-state index in [1.807, 2.05) is 0 Å². The second-order valence-electron chi connectivity index (χ2n) is 4.08. The average molecular weight is 272 g/mol. The molecule has 1 amide bonds. The third-order valence-corrected chi connectivity index (χ3v) is 2.31. The number of benzene rings is 1. The fraction of sp³-hybridized carbons (Fsp3) is 0.333. The van der Waals surface area contributed by atoms with E-state index >= 15 is 0 Å². The van der Waals surface area contributed by atoms with Crippen molar-refractivity contribution in [1.29, 1.82) is 0 Å². The normalized spacial score (nSPS) is 10.5. The second-order valence-corrected chi connectivity index (χ2v) is 4.08. The van der Waals surface area contributed by atoms with Crippen molar-refractivity contribution < 1.29 is 23.5 Å². The second kappa shape index (κ2) is 6.79. The molecule has 0 bridgehead atoms. The highest BCUT2D eigenvalue weighted by molar-refractivity contribution is 5.82. The van der Waals surface area contributed by atoms with E-state index in [1.54, 1.807) is 7.05 Å². The van der Waals surface area contributed by atoms with Crippen LogP contribution in [0, 0.1) is 11.6 Å². The fourth-order valence-electron chi connectivity index (χ4n) is 1.47. The van der Waals surface area contributed by atoms with Crippen molar-refractivity contribution in [2.24, 2.45) is 0 Å². The van der Waals surface area contributed by atoms with Crippen LogP contribution in [0.15, 0.2) is 18.2 Å². The van der Waals surface area contributed by atoms with E-state index in [1.165, 1.54) is 11.0 Å². The Morgan fingerprint density at radius 1 is 1.37 bits per heavy atom. The van der Waals surface area contributed by atoms with Gasteiger partial charge in [0, 0.05) is 18.2 Å². The third kappa shape index (κ3) is 5.43. The minimum Gasteiger partial charge on any atom is -0.480 e. The zero-order chi connectivity index (χ0) is 14.4. The van der Waals surface area contributed by atoms with Crippen molar-refractivity contribution >= 4 is 11.9 Å². The summed E-state index contributed by atoms with van der Waals surface area (Å²) in [5.41, 5.74) is 0.259. The van der Waals surface area contributed by atoms with Gasteiger partial charge in [-0.05, 0) is 13.1 Å². The maximum Gasteiger partial charge on any atom is 0.322 e. The van der Waals surface area contributed by atoms with E-state index in [0.717, 1.165) is 12.1 Å². The van der Waals surface area contributed by atoms with Crippen molar-refractivity contribution in [3.63, 3.8) is 0 Å². The molecule has 19 heavy (non-hydrogen) atoms. The Morgan fingerprint density at radius 2 is 2.05 bits per heavy atom. The molecule has 0 atom stereocenters. The highest BCUT2D eigenvalue weighted by atomic mass is 19.1. The monoisotopic (exact) mass is 272 g/mol. The molecule has 0 aliphatic carbocycles. The lowest BCUT2D eigenvalue weighted by atomic mass is 10.2. The molecule has 104 valence electrons. The molecule has 0 saturated heterocycles. The van der Waals surface area contributed by atoms with E-state index < -0.39 is 30.1 Å². The van der Waals surface area contributed by atoms with Crippen molar-refractivity contribution in [1.82, 2.24) is 10.2 Å². The molecular formula is C12H14F2N2O3. The van der Waals surface area contributed by atoms with Crippen LogP contribution in [0.1, 0.15) is 5.56 Å². The van der Waals surface area contributed by atoms with Gasteiger partial charge < -0.3 is 10.4 Å². The van der Waals surface area contributed by atoms with E-state index in [9.17, 15) is 18.4 Å². The van der Waals surface area contributed by atoms with Gasteiger partial charge in [-0.25, -0.2) is 8.78 Å². The summed E-state index contributed by atoms with van der Waals surface area (Å²) < 4.78 is 26.1. The molecule has 0 saturated carbocycles. The number of carbonyl (C=O) groups excluding carboxylic acids is 1. The largest absolute Gasteiger partial charge is 0.480 e. The van der Waals surface area contributed by atoms with Gasteiger partial charge in [-0.1, -0.05) is 6.07 Å². The van der Waals surface area contributed by atoms with E-state index in [-0.39, 0.29) is 18.7 Å². The molecule has 1 aromatic carbocycles. The van der Waals surface area contributed by atoms with E-state index in [2.05, 4.69) is 5.32 Å². The quantitative estimate of drug-likeness (QED) is 0.795. The number of rotatable bonds is 6. The van der Waals surface area contributed by atoms with Crippen LogP contribution in [-0.2, 0) is 16.1 Å². The number of aliphatic carboxylic acids is 1. The summed E-state index contributed by atoms with van der Waals surface area (Å²) in [7, 11) is 1.57. The maximum absolute atomic E-state index is 13.4. The number of carboxylic acid groups (broad SMARTS) is 1. The molecule has 0 radical (unpaired) electrons. The molecule has 0 heterocycles. The summed E-state index contributed by atoms with van der Waals surface area (Å²) in [6.07, 6.45) is 0. The SMILES string of the molecule is CN(CC(=O)NCC(=O)O)Cc1ccc(F)cc1F. The number of likely N-dealkylation sites (N-methyl/N-ethyl adjacent to an activating group) is 1. The predicted molar refractivity (Wildman–Crippen MR) is 63.3 cm³/mol. The summed E-state index contributed by atoms with van der Waals surface area (Å²) in [6, 6.07) is 3.21. The number of carboxylic acids is 1. The smallest absolute Gasteiger partial charge is 0.322 e. The fourth-order valence-corrected chi connectivity index (χ4v) is 1.47. The molecule has 7 heteroatoms. The molecule has 1 aromatic rings.